The van der Waals surface area contributed by atoms with Gasteiger partial charge in [0.25, 0.3) is 0 Å². The molecule has 1 aliphatic heterocycles. The molecule has 2 heterocycles. The lowest BCUT2D eigenvalue weighted by Gasteiger charge is -2.30. The van der Waals surface area contributed by atoms with Crippen LogP contribution in [0.25, 0.3) is 10.9 Å². The molecule has 2 amide bonds. The molecule has 2 aromatic rings. The minimum atomic E-state index is -0.319. The first-order chi connectivity index (χ1) is 9.66. The Labute approximate surface area is 116 Å². The number of carbonyl (C=O) groups is 2. The average molecular weight is 269 g/mol. The molecule has 102 valence electrons. The van der Waals surface area contributed by atoms with E-state index >= 15 is 0 Å². The Morgan fingerprint density at radius 2 is 2.10 bits per heavy atom. The first kappa shape index (κ1) is 12.7. The van der Waals surface area contributed by atoms with Gasteiger partial charge in [-0.05, 0) is 24.6 Å². The number of hydrogen-bond acceptors (Lipinski definition) is 4. The summed E-state index contributed by atoms with van der Waals surface area (Å²) in [5.41, 5.74) is 1.81. The van der Waals surface area contributed by atoms with Crippen LogP contribution in [0.4, 0.5) is 0 Å². The molecule has 20 heavy (non-hydrogen) atoms. The van der Waals surface area contributed by atoms with E-state index in [-0.39, 0.29) is 24.4 Å². The highest BCUT2D eigenvalue weighted by atomic mass is 16.2. The number of rotatable bonds is 2. The highest BCUT2D eigenvalue weighted by molar-refractivity contribution is 6.01. The van der Waals surface area contributed by atoms with Crippen molar-refractivity contribution < 1.29 is 9.59 Å². The van der Waals surface area contributed by atoms with Gasteiger partial charge in [0.1, 0.15) is 0 Å². The maximum Gasteiger partial charge on any atom is 0.246 e. The van der Waals surface area contributed by atoms with Crippen molar-refractivity contribution in [1.29, 1.82) is 0 Å². The molecule has 3 rings (SSSR count). The van der Waals surface area contributed by atoms with E-state index < -0.39 is 0 Å². The average Bonchev–Trinajstić information content (AvgIpc) is 2.48. The lowest BCUT2D eigenvalue weighted by Crippen LogP contribution is -2.56. The zero-order chi connectivity index (χ0) is 14.1. The molecule has 1 aromatic carbocycles. The second-order valence-electron chi connectivity index (χ2n) is 4.91. The van der Waals surface area contributed by atoms with Crippen LogP contribution >= 0.6 is 0 Å². The van der Waals surface area contributed by atoms with Crippen molar-refractivity contribution in [1.82, 2.24) is 15.2 Å². The zero-order valence-electron chi connectivity index (χ0n) is 11.2. The molecule has 0 radical (unpaired) electrons. The predicted octanol–water partition coefficient (Wildman–Crippen LogP) is 1.08. The Kier molecular flexibility index (Phi) is 3.20. The summed E-state index contributed by atoms with van der Waals surface area (Å²) in [7, 11) is 0. The van der Waals surface area contributed by atoms with E-state index in [0.29, 0.717) is 6.54 Å². The van der Waals surface area contributed by atoms with Crippen molar-refractivity contribution >= 4 is 22.7 Å². The minimum absolute atomic E-state index is 0.179. The van der Waals surface area contributed by atoms with Crippen LogP contribution in [-0.2, 0) is 16.1 Å². The van der Waals surface area contributed by atoms with Crippen LogP contribution in [0.3, 0.4) is 0 Å². The van der Waals surface area contributed by atoms with E-state index in [1.165, 1.54) is 4.90 Å². The number of para-hydroxylation sites is 1. The molecule has 1 fully saturated rings. The summed E-state index contributed by atoms with van der Waals surface area (Å²) in [4.78, 5) is 29.6. The van der Waals surface area contributed by atoms with Crippen LogP contribution in [0.15, 0.2) is 36.5 Å². The van der Waals surface area contributed by atoms with Crippen molar-refractivity contribution in [3.8, 4) is 0 Å². The number of benzene rings is 1. The lowest BCUT2D eigenvalue weighted by atomic mass is 10.1. The van der Waals surface area contributed by atoms with Gasteiger partial charge in [0.05, 0.1) is 24.6 Å². The van der Waals surface area contributed by atoms with Crippen LogP contribution in [0, 0.1) is 0 Å². The molecular formula is C15H15N3O2. The van der Waals surface area contributed by atoms with Crippen molar-refractivity contribution in [2.45, 2.75) is 19.5 Å². The Hall–Kier alpha value is -2.27. The molecule has 1 N–H and O–H groups in total. The van der Waals surface area contributed by atoms with Crippen molar-refractivity contribution in [2.24, 2.45) is 0 Å². The van der Waals surface area contributed by atoms with E-state index in [2.05, 4.69) is 10.3 Å². The second kappa shape index (κ2) is 5.02. The molecule has 1 atom stereocenters. The van der Waals surface area contributed by atoms with Gasteiger partial charge in [0.2, 0.25) is 11.8 Å². The quantitative estimate of drug-likeness (QED) is 0.829. The first-order valence-electron chi connectivity index (χ1n) is 6.57. The Balaban J connectivity index is 1.96. The van der Waals surface area contributed by atoms with Gasteiger partial charge in [0.15, 0.2) is 0 Å². The number of nitrogens with one attached hydrogen (secondary N) is 1. The van der Waals surface area contributed by atoms with E-state index in [1.54, 1.807) is 13.1 Å². The third-order valence-electron chi connectivity index (χ3n) is 3.56. The Bertz CT molecular complexity index is 678. The van der Waals surface area contributed by atoms with E-state index in [9.17, 15) is 9.59 Å². The van der Waals surface area contributed by atoms with E-state index in [4.69, 9.17) is 0 Å². The van der Waals surface area contributed by atoms with Gasteiger partial charge in [-0.3, -0.25) is 24.8 Å². The fourth-order valence-electron chi connectivity index (χ4n) is 2.41. The van der Waals surface area contributed by atoms with Gasteiger partial charge < -0.3 is 0 Å². The van der Waals surface area contributed by atoms with Crippen molar-refractivity contribution in [3.05, 3.63) is 42.1 Å². The Morgan fingerprint density at radius 1 is 1.30 bits per heavy atom. The maximum absolute atomic E-state index is 12.1. The van der Waals surface area contributed by atoms with Gasteiger partial charge in [-0.1, -0.05) is 18.2 Å². The fourth-order valence-corrected chi connectivity index (χ4v) is 2.41. The summed E-state index contributed by atoms with van der Waals surface area (Å²) in [6.45, 7) is 2.27. The number of carbonyl (C=O) groups excluding carboxylic acids is 2. The normalized spacial score (nSPS) is 19.6. The third kappa shape index (κ3) is 2.16. The highest BCUT2D eigenvalue weighted by Gasteiger charge is 2.31. The monoisotopic (exact) mass is 269 g/mol. The maximum atomic E-state index is 12.1. The van der Waals surface area contributed by atoms with Gasteiger partial charge in [0, 0.05) is 11.6 Å². The largest absolute Gasteiger partial charge is 0.298 e. The lowest BCUT2D eigenvalue weighted by molar-refractivity contribution is -0.149. The van der Waals surface area contributed by atoms with Crippen LogP contribution in [-0.4, -0.2) is 34.3 Å². The smallest absolute Gasteiger partial charge is 0.246 e. The van der Waals surface area contributed by atoms with Crippen molar-refractivity contribution in [3.63, 3.8) is 0 Å². The van der Waals surface area contributed by atoms with Gasteiger partial charge >= 0.3 is 0 Å². The molecule has 1 unspecified atom stereocenters. The van der Waals surface area contributed by atoms with Crippen LogP contribution in [0.1, 0.15) is 12.5 Å². The predicted molar refractivity (Wildman–Crippen MR) is 74.8 cm³/mol. The molecule has 0 bridgehead atoms. The molecule has 1 aromatic heterocycles. The van der Waals surface area contributed by atoms with Gasteiger partial charge in [-0.15, -0.1) is 0 Å². The summed E-state index contributed by atoms with van der Waals surface area (Å²) in [5.74, 6) is -0.365. The highest BCUT2D eigenvalue weighted by Crippen LogP contribution is 2.19. The molecule has 5 heteroatoms. The molecule has 1 saturated heterocycles. The second-order valence-corrected chi connectivity index (χ2v) is 4.91. The standard InChI is InChI=1S/C15H15N3O2/c1-10-15(20)18(14(19)8-17-10)9-11-6-7-16-13-5-3-2-4-12(11)13/h2-7,10,17H,8-9H2,1H3. The molecule has 0 aliphatic carbocycles. The first-order valence-corrected chi connectivity index (χ1v) is 6.57. The molecule has 0 saturated carbocycles. The number of amides is 2. The number of nitrogens with zero attached hydrogens (tertiary/aromatic N) is 2. The van der Waals surface area contributed by atoms with Crippen LogP contribution < -0.4 is 5.32 Å². The topological polar surface area (TPSA) is 62.3 Å². The number of fused-ring (bicyclic) bond motifs is 1. The van der Waals surface area contributed by atoms with Gasteiger partial charge in [-0.25, -0.2) is 0 Å². The summed E-state index contributed by atoms with van der Waals surface area (Å²) in [6.07, 6.45) is 1.71. The van der Waals surface area contributed by atoms with Crippen LogP contribution in [0.5, 0.6) is 0 Å². The number of hydrogen-bond donors (Lipinski definition) is 1. The fraction of sp³-hybridized carbons (Fsp3) is 0.267. The molecule has 5 nitrogen and oxygen atoms in total. The van der Waals surface area contributed by atoms with Crippen LogP contribution in [0.2, 0.25) is 0 Å². The van der Waals surface area contributed by atoms with Gasteiger partial charge in [-0.2, -0.15) is 0 Å². The summed E-state index contributed by atoms with van der Waals surface area (Å²) in [5, 5.41) is 3.86. The summed E-state index contributed by atoms with van der Waals surface area (Å²) in [6, 6.07) is 9.26. The minimum Gasteiger partial charge on any atom is -0.298 e. The molecule has 0 spiro atoms. The number of aromatic nitrogens is 1. The molecular weight excluding hydrogens is 254 g/mol. The summed E-state index contributed by atoms with van der Waals surface area (Å²) >= 11 is 0. The third-order valence-corrected chi connectivity index (χ3v) is 3.56. The van der Waals surface area contributed by atoms with Crippen molar-refractivity contribution in [2.75, 3.05) is 6.54 Å². The zero-order valence-corrected chi connectivity index (χ0v) is 11.2. The Morgan fingerprint density at radius 3 is 2.95 bits per heavy atom. The number of imide groups is 1. The SMILES string of the molecule is CC1NCC(=O)N(Cc2ccnc3ccccc23)C1=O. The van der Waals surface area contributed by atoms with E-state index in [0.717, 1.165) is 16.5 Å². The number of pyridine rings is 1. The summed E-state index contributed by atoms with van der Waals surface area (Å²) < 4.78 is 0. The molecule has 1 aliphatic rings. The van der Waals surface area contributed by atoms with E-state index in [1.807, 2.05) is 30.3 Å². The number of piperazine rings is 1.